The van der Waals surface area contributed by atoms with Gasteiger partial charge >= 0.3 is 0 Å². The lowest BCUT2D eigenvalue weighted by Gasteiger charge is -2.10. The van der Waals surface area contributed by atoms with Crippen LogP contribution in [0.2, 0.25) is 0 Å². The van der Waals surface area contributed by atoms with Gasteiger partial charge in [-0.15, -0.1) is 0 Å². The summed E-state index contributed by atoms with van der Waals surface area (Å²) in [6.45, 7) is 4.25. The van der Waals surface area contributed by atoms with Crippen LogP contribution < -0.4 is 20.6 Å². The van der Waals surface area contributed by atoms with Crippen molar-refractivity contribution in [3.8, 4) is 11.5 Å². The number of nitrogens with one attached hydrogen (secondary N) is 1. The standard InChI is InChI=1S/C17H15N3O2/c1-10-6-12-7-15-16(22-9-21-15)8-14(12)17(20-19-10)11-2-4-13(18)5-3-11/h2-5,7-8,19H,1,6,9,18H2. The Balaban J connectivity index is 1.89. The first-order chi connectivity index (χ1) is 10.7. The average Bonchev–Trinajstić information content (AvgIpc) is 2.89. The Morgan fingerprint density at radius 2 is 1.82 bits per heavy atom. The van der Waals surface area contributed by atoms with Crippen LogP contribution in [0.1, 0.15) is 16.7 Å². The summed E-state index contributed by atoms with van der Waals surface area (Å²) in [7, 11) is 0. The fourth-order valence-electron chi connectivity index (χ4n) is 2.68. The van der Waals surface area contributed by atoms with Crippen LogP contribution in [0.15, 0.2) is 53.8 Å². The molecule has 5 nitrogen and oxygen atoms in total. The molecular formula is C17H15N3O2. The van der Waals surface area contributed by atoms with Gasteiger partial charge in [-0.2, -0.15) is 5.10 Å². The van der Waals surface area contributed by atoms with Gasteiger partial charge in [-0.1, -0.05) is 18.7 Å². The number of nitrogens with two attached hydrogens (primary N) is 1. The number of anilines is 1. The highest BCUT2D eigenvalue weighted by Gasteiger charge is 2.22. The molecule has 0 radical (unpaired) electrons. The Morgan fingerprint density at radius 3 is 2.59 bits per heavy atom. The smallest absolute Gasteiger partial charge is 0.231 e. The van der Waals surface area contributed by atoms with Crippen LogP contribution in [0.5, 0.6) is 11.5 Å². The van der Waals surface area contributed by atoms with Gasteiger partial charge in [0.25, 0.3) is 0 Å². The van der Waals surface area contributed by atoms with Crippen molar-refractivity contribution in [2.45, 2.75) is 6.42 Å². The highest BCUT2D eigenvalue weighted by molar-refractivity contribution is 6.14. The third kappa shape index (κ3) is 2.07. The molecule has 0 aromatic heterocycles. The zero-order chi connectivity index (χ0) is 15.1. The lowest BCUT2D eigenvalue weighted by atomic mass is 9.95. The van der Waals surface area contributed by atoms with Crippen LogP contribution in [0.4, 0.5) is 5.69 Å². The number of fused-ring (bicyclic) bond motifs is 2. The Labute approximate surface area is 128 Å². The molecule has 3 N–H and O–H groups in total. The van der Waals surface area contributed by atoms with Crippen molar-refractivity contribution < 1.29 is 9.47 Å². The first kappa shape index (κ1) is 12.8. The van der Waals surface area contributed by atoms with Crippen LogP contribution in [-0.4, -0.2) is 12.5 Å². The van der Waals surface area contributed by atoms with Crippen LogP contribution in [0.3, 0.4) is 0 Å². The molecule has 110 valence electrons. The average molecular weight is 293 g/mol. The minimum absolute atomic E-state index is 0.256. The quantitative estimate of drug-likeness (QED) is 0.792. The highest BCUT2D eigenvalue weighted by Crippen LogP contribution is 2.37. The van der Waals surface area contributed by atoms with E-state index < -0.39 is 0 Å². The lowest BCUT2D eigenvalue weighted by Crippen LogP contribution is -2.08. The van der Waals surface area contributed by atoms with E-state index in [1.807, 2.05) is 36.4 Å². The number of nitrogens with zero attached hydrogens (tertiary/aromatic N) is 1. The molecule has 4 rings (SSSR count). The maximum Gasteiger partial charge on any atom is 0.231 e. The SMILES string of the molecule is C=C1Cc2cc3c(cc2C(c2ccc(N)cc2)=NN1)OCO3. The Hall–Kier alpha value is -2.95. The summed E-state index contributed by atoms with van der Waals surface area (Å²) in [4.78, 5) is 0. The van der Waals surface area contributed by atoms with Crippen molar-refractivity contribution in [2.24, 2.45) is 5.10 Å². The van der Waals surface area contributed by atoms with Crippen molar-refractivity contribution in [1.82, 2.24) is 5.43 Å². The summed E-state index contributed by atoms with van der Waals surface area (Å²) >= 11 is 0. The van der Waals surface area contributed by atoms with E-state index in [9.17, 15) is 0 Å². The Kier molecular flexibility index (Phi) is 2.79. The summed E-state index contributed by atoms with van der Waals surface area (Å²) < 4.78 is 11.0. The predicted molar refractivity (Wildman–Crippen MR) is 85.0 cm³/mol. The molecule has 2 aromatic rings. The third-order valence-corrected chi connectivity index (χ3v) is 3.77. The van der Waals surface area contributed by atoms with Gasteiger partial charge in [-0.05, 0) is 29.8 Å². The van der Waals surface area contributed by atoms with E-state index in [0.29, 0.717) is 6.42 Å². The number of hydrogen-bond donors (Lipinski definition) is 2. The molecule has 0 aliphatic carbocycles. The highest BCUT2D eigenvalue weighted by atomic mass is 16.7. The van der Waals surface area contributed by atoms with E-state index in [1.54, 1.807) is 0 Å². The maximum atomic E-state index is 5.77. The topological polar surface area (TPSA) is 68.9 Å². The van der Waals surface area contributed by atoms with Gasteiger partial charge in [0.1, 0.15) is 0 Å². The molecule has 0 spiro atoms. The van der Waals surface area contributed by atoms with Crippen LogP contribution in [0, 0.1) is 0 Å². The zero-order valence-corrected chi connectivity index (χ0v) is 11.9. The minimum atomic E-state index is 0.256. The molecule has 2 heterocycles. The van der Waals surface area contributed by atoms with Crippen molar-refractivity contribution in [2.75, 3.05) is 12.5 Å². The summed E-state index contributed by atoms with van der Waals surface area (Å²) in [6.07, 6.45) is 0.688. The lowest BCUT2D eigenvalue weighted by molar-refractivity contribution is 0.174. The normalized spacial score (nSPS) is 15.6. The number of nitrogen functional groups attached to an aromatic ring is 1. The number of rotatable bonds is 1. The van der Waals surface area contributed by atoms with Crippen LogP contribution in [0.25, 0.3) is 0 Å². The Morgan fingerprint density at radius 1 is 1.09 bits per heavy atom. The van der Waals surface area contributed by atoms with Gasteiger partial charge in [0.05, 0.1) is 5.71 Å². The molecule has 0 saturated carbocycles. The molecule has 0 unspecified atom stereocenters. The van der Waals surface area contributed by atoms with Crippen LogP contribution in [-0.2, 0) is 6.42 Å². The van der Waals surface area contributed by atoms with Crippen molar-refractivity contribution in [1.29, 1.82) is 0 Å². The number of allylic oxidation sites excluding steroid dienone is 1. The molecule has 0 bridgehead atoms. The summed E-state index contributed by atoms with van der Waals surface area (Å²) in [5.41, 5.74) is 14.3. The van der Waals surface area contributed by atoms with Crippen molar-refractivity contribution >= 4 is 11.4 Å². The first-order valence-corrected chi connectivity index (χ1v) is 7.01. The second-order valence-electron chi connectivity index (χ2n) is 5.34. The van der Waals surface area contributed by atoms with Gasteiger partial charge in [0, 0.05) is 28.9 Å². The fourth-order valence-corrected chi connectivity index (χ4v) is 2.68. The number of hydrogen-bond acceptors (Lipinski definition) is 5. The molecule has 5 heteroatoms. The molecule has 0 saturated heterocycles. The van der Waals surface area contributed by atoms with E-state index in [1.165, 1.54) is 0 Å². The fraction of sp³-hybridized carbons (Fsp3) is 0.118. The molecule has 22 heavy (non-hydrogen) atoms. The molecule has 0 atom stereocenters. The molecule has 0 fully saturated rings. The van der Waals surface area contributed by atoms with Crippen LogP contribution >= 0.6 is 0 Å². The number of hydrazone groups is 1. The summed E-state index contributed by atoms with van der Waals surface area (Å²) in [5, 5.41) is 4.50. The number of benzene rings is 2. The maximum absolute atomic E-state index is 5.77. The van der Waals surface area contributed by atoms with Gasteiger partial charge in [0.15, 0.2) is 11.5 Å². The summed E-state index contributed by atoms with van der Waals surface area (Å²) in [6, 6.07) is 11.6. The molecule has 2 aliphatic rings. The third-order valence-electron chi connectivity index (χ3n) is 3.77. The molecule has 2 aliphatic heterocycles. The van der Waals surface area contributed by atoms with Crippen molar-refractivity contribution in [3.05, 3.63) is 65.4 Å². The minimum Gasteiger partial charge on any atom is -0.454 e. The Bertz CT molecular complexity index is 794. The van der Waals surface area contributed by atoms with E-state index in [0.717, 1.165) is 45.3 Å². The van der Waals surface area contributed by atoms with E-state index in [4.69, 9.17) is 15.2 Å². The van der Waals surface area contributed by atoms with Crippen molar-refractivity contribution in [3.63, 3.8) is 0 Å². The monoisotopic (exact) mass is 293 g/mol. The van der Waals surface area contributed by atoms with Gasteiger partial charge in [-0.25, -0.2) is 0 Å². The van der Waals surface area contributed by atoms with Gasteiger partial charge in [0.2, 0.25) is 6.79 Å². The molecule has 2 aromatic carbocycles. The van der Waals surface area contributed by atoms with E-state index >= 15 is 0 Å². The number of ether oxygens (including phenoxy) is 2. The largest absolute Gasteiger partial charge is 0.454 e. The molecule has 0 amide bonds. The summed E-state index contributed by atoms with van der Waals surface area (Å²) in [5.74, 6) is 1.51. The van der Waals surface area contributed by atoms with Gasteiger partial charge in [-0.3, -0.25) is 5.43 Å². The first-order valence-electron chi connectivity index (χ1n) is 7.01. The zero-order valence-electron chi connectivity index (χ0n) is 11.9. The second kappa shape index (κ2) is 4.80. The second-order valence-corrected chi connectivity index (χ2v) is 5.34. The van der Waals surface area contributed by atoms with E-state index in [2.05, 4.69) is 17.1 Å². The molecular weight excluding hydrogens is 278 g/mol. The van der Waals surface area contributed by atoms with E-state index in [-0.39, 0.29) is 6.79 Å². The predicted octanol–water partition coefficient (Wildman–Crippen LogP) is 2.41. The van der Waals surface area contributed by atoms with Gasteiger partial charge < -0.3 is 15.2 Å².